The van der Waals surface area contributed by atoms with E-state index in [-0.39, 0.29) is 101 Å². The van der Waals surface area contributed by atoms with Crippen molar-refractivity contribution < 1.29 is 101 Å². The fourth-order valence-corrected chi connectivity index (χ4v) is 21.9. The zero-order chi connectivity index (χ0) is 94.1. The summed E-state index contributed by atoms with van der Waals surface area (Å²) in [5.74, 6) is 4.78. The van der Waals surface area contributed by atoms with Crippen molar-refractivity contribution in [1.29, 1.82) is 0 Å². The van der Waals surface area contributed by atoms with E-state index < -0.39 is 0 Å². The Morgan fingerprint density at radius 2 is 0.489 bits per heavy atom. The van der Waals surface area contributed by atoms with Gasteiger partial charge in [0.2, 0.25) is 0 Å². The zero-order valence-corrected chi connectivity index (χ0v) is 95.7. The number of nitrogens with zero attached hydrogens (tertiary/aromatic N) is 20. The molecule has 5 radical (unpaired) electrons. The van der Waals surface area contributed by atoms with E-state index in [1.807, 2.05) is 94.0 Å². The number of fused-ring (bicyclic) bond motifs is 5. The van der Waals surface area contributed by atoms with Crippen molar-refractivity contribution in [2.75, 3.05) is 0 Å². The van der Waals surface area contributed by atoms with Gasteiger partial charge in [-0.2, -0.15) is 25.5 Å². The third-order valence-electron chi connectivity index (χ3n) is 23.5. The number of para-hydroxylation sites is 3. The van der Waals surface area contributed by atoms with E-state index in [9.17, 15) is 0 Å². The summed E-state index contributed by atoms with van der Waals surface area (Å²) < 4.78 is 16.1. The monoisotopic (exact) mass is 2830 g/mol. The number of hydrogen-bond donors (Lipinski definition) is 0. The van der Waals surface area contributed by atoms with Gasteiger partial charge in [0.25, 0.3) is 0 Å². The van der Waals surface area contributed by atoms with Gasteiger partial charge in [-0.25, -0.2) is 0 Å². The molecule has 10 heterocycles. The van der Waals surface area contributed by atoms with Crippen LogP contribution in [0.4, 0.5) is 0 Å². The summed E-state index contributed by atoms with van der Waals surface area (Å²) in [6, 6.07) is 96.3. The Hall–Kier alpha value is -11.7. The Kier molecular flexibility index (Phi) is 34.4. The average Bonchev–Trinajstić information content (AvgIpc) is 1.69. The molecular weight excluding hydrogens is 2730 g/mol. The Balaban J connectivity index is 0.000000140. The predicted octanol–water partition coefficient (Wildman–Crippen LogP) is 27.7. The molecule has 141 heavy (non-hydrogen) atoms. The van der Waals surface area contributed by atoms with Crippen LogP contribution in [0.5, 0.6) is 0 Å². The first-order valence-corrected chi connectivity index (χ1v) is 48.7. The second kappa shape index (κ2) is 46.1. The van der Waals surface area contributed by atoms with Crippen LogP contribution in [-0.2, 0) is 101 Å². The minimum atomic E-state index is 0. The van der Waals surface area contributed by atoms with Crippen LogP contribution >= 0.6 is 56.7 Å². The summed E-state index contributed by atoms with van der Waals surface area (Å²) in [4.78, 5) is 22.6. The van der Waals surface area contributed by atoms with E-state index in [0.29, 0.717) is 11.8 Å². The van der Waals surface area contributed by atoms with Crippen molar-refractivity contribution in [2.24, 2.45) is 0 Å². The van der Waals surface area contributed by atoms with Gasteiger partial charge in [-0.15, -0.1) is 201 Å². The van der Waals surface area contributed by atoms with Gasteiger partial charge in [0.15, 0.2) is 0 Å². The average molecular weight is 2830 g/mol. The summed E-state index contributed by atoms with van der Waals surface area (Å²) in [6.45, 7) is 33.9. The zero-order valence-electron chi connectivity index (χ0n) is 79.6. The molecule has 0 saturated heterocycles. The van der Waals surface area contributed by atoms with Crippen molar-refractivity contribution in [1.82, 2.24) is 98.7 Å². The fraction of sp³-hybridized carbons (Fsp3) is 0.162. The Labute approximate surface area is 906 Å². The van der Waals surface area contributed by atoms with Crippen LogP contribution in [0.25, 0.3) is 170 Å². The molecule has 0 spiro atoms. The van der Waals surface area contributed by atoms with Gasteiger partial charge in [-0.1, -0.05) is 191 Å². The second-order valence-electron chi connectivity index (χ2n) is 34.1. The molecule has 0 fully saturated rings. The normalized spacial score (nSPS) is 11.0. The summed E-state index contributed by atoms with van der Waals surface area (Å²) in [5, 5.41) is 48.3. The van der Waals surface area contributed by atoms with Crippen LogP contribution < -0.4 is 0 Å². The van der Waals surface area contributed by atoms with Crippen LogP contribution in [0, 0.1) is 113 Å². The Morgan fingerprint density at radius 3 is 0.780 bits per heavy atom. The van der Waals surface area contributed by atoms with Crippen molar-refractivity contribution in [3.8, 4) is 119 Å². The molecule has 23 rings (SSSR count). The fourth-order valence-electron chi connectivity index (χ4n) is 17.6. The van der Waals surface area contributed by atoms with Gasteiger partial charge in [-0.05, 0) is 225 Å². The molecule has 0 aliphatic heterocycles. The van der Waals surface area contributed by atoms with Gasteiger partial charge in [0.1, 0.15) is 31.6 Å². The molecule has 0 amide bonds. The maximum absolute atomic E-state index is 4.57. The molecule has 0 bridgehead atoms. The third-order valence-corrected chi connectivity index (χ3v) is 28.2. The Bertz CT molecular complexity index is 8180. The van der Waals surface area contributed by atoms with Gasteiger partial charge < -0.3 is 22.8 Å². The topological polar surface area (TPSA) is 218 Å². The van der Waals surface area contributed by atoms with Crippen LogP contribution in [-0.4, -0.2) is 98.7 Å². The number of hydrogen-bond acceptors (Lipinski definition) is 20. The molecule has 13 aromatic carbocycles. The van der Waals surface area contributed by atoms with E-state index in [2.05, 4.69) is 383 Å². The molecule has 20 nitrogen and oxygen atoms in total. The summed E-state index contributed by atoms with van der Waals surface area (Å²) in [6.07, 6.45) is 8.93. The van der Waals surface area contributed by atoms with Gasteiger partial charge in [0, 0.05) is 134 Å². The van der Waals surface area contributed by atoms with Gasteiger partial charge in [-0.3, -0.25) is 24.9 Å². The second-order valence-corrected chi connectivity index (χ2v) is 40.3. The molecule has 0 atom stereocenters. The van der Waals surface area contributed by atoms with Gasteiger partial charge >= 0.3 is 0 Å². The Morgan fingerprint density at radius 1 is 0.241 bits per heavy atom. The van der Waals surface area contributed by atoms with E-state index in [1.165, 1.54) is 66.9 Å². The minimum absolute atomic E-state index is 0. The van der Waals surface area contributed by atoms with Crippen LogP contribution in [0.1, 0.15) is 115 Å². The number of thiazole rings is 5. The molecule has 30 heteroatoms. The van der Waals surface area contributed by atoms with Crippen molar-refractivity contribution in [2.45, 2.75) is 123 Å². The predicted molar refractivity (Wildman–Crippen MR) is 555 cm³/mol. The molecule has 23 aromatic rings. The molecule has 0 aliphatic carbocycles. The van der Waals surface area contributed by atoms with E-state index in [0.717, 1.165) is 178 Å². The first kappa shape index (κ1) is 105. The maximum Gasteiger partial charge on any atom is 0.115 e. The third kappa shape index (κ3) is 22.5. The molecular formula is C111H93Ir5N20S5-5. The molecule has 0 unspecified atom stereocenters. The first-order chi connectivity index (χ1) is 66.0. The molecule has 0 N–H and O–H groups in total. The standard InChI is InChI=1S/C28H19N4S.C24H19N4S.C22H23N4S.C19H17N4S.C18H15N4S.5Ir/c1-19-30-25-16-15-22(17-26(25)33-19)28-31-29-18-32(28)27-23(20-9-4-2-5-10-20)13-8-14-24(27)21-11-6-3-7-12-21;1-15-11-20(18-7-5-4-6-8-18)12-16(2)23(15)28-14-25-27-24(28)19-9-10-21-22(13-19)29-17(3)26-21;1-13(2)17-7-6-8-18(14(3)4)21(17)26-12-23-25-22(26)16-9-10-19-20(11-16)27-15(5)24-19;1-11-7-12(2)18(13(3)8-11)23-10-20-22-19(23)15-5-6-16-17(9-15)24-14(4)21-16;1-11-5-4-6-12(2)17(11)22-10-19-21-18(22)14-7-8-15-16(9-14)23-13(3)20-15;;;;;/h2-14,16-18H,1H3;4-8,10-14H,1-3H3;6-8,10-14H,1-5H3;6-10H,1-4H3;4-6,8-10H,1-3H3;;;;;/q5*-1;;;;;. The van der Waals surface area contributed by atoms with E-state index >= 15 is 0 Å². The van der Waals surface area contributed by atoms with E-state index in [1.54, 1.807) is 82.0 Å². The van der Waals surface area contributed by atoms with Crippen LogP contribution in [0.15, 0.2) is 262 Å². The number of benzene rings is 13. The van der Waals surface area contributed by atoms with Crippen LogP contribution in [0.3, 0.4) is 0 Å². The number of aromatic nitrogens is 20. The van der Waals surface area contributed by atoms with Crippen molar-refractivity contribution in [3.63, 3.8) is 0 Å². The van der Waals surface area contributed by atoms with E-state index in [4.69, 9.17) is 0 Å². The smallest absolute Gasteiger partial charge is 0.115 e. The maximum atomic E-state index is 4.57. The van der Waals surface area contributed by atoms with Crippen molar-refractivity contribution in [3.05, 3.63) is 368 Å². The molecule has 10 aromatic heterocycles. The number of rotatable bonds is 15. The van der Waals surface area contributed by atoms with Gasteiger partial charge in [0.05, 0.1) is 59.8 Å². The minimum Gasteiger partial charge on any atom is -0.322 e. The quantitative estimate of drug-likeness (QED) is 0.0872. The SMILES string of the molecule is Cc1cc(C)c(-n2cnnc2-c2[c-]cc3nc(C)sc3c2)c(C)c1.Cc1nc2c[c-]c(-c3nncn3-c3c(-c4ccccc4)cccc3-c3ccccc3)cc2s1.Cc1nc2c[c-]c(-c3nncn3-c3c(C(C)C)cccc3C(C)C)cc2s1.Cc1nc2c[c-]c(-c3nncn3-c3c(C)cc(-c4ccccc4)cc3C)cc2s1.Cc1nc2c[c-]c(-c3nncn3-c3c(C)cccc3C)cc2s1.[Ir].[Ir].[Ir].[Ir].[Ir]. The molecule has 0 saturated carbocycles. The van der Waals surface area contributed by atoms with Crippen LogP contribution in [0.2, 0.25) is 0 Å². The molecule has 0 aliphatic rings. The first-order valence-electron chi connectivity index (χ1n) is 44.6. The summed E-state index contributed by atoms with van der Waals surface area (Å²) in [5.41, 5.74) is 33.1. The summed E-state index contributed by atoms with van der Waals surface area (Å²) >= 11 is 8.42. The van der Waals surface area contributed by atoms with Crippen molar-refractivity contribution >= 4 is 108 Å². The number of aryl methyl sites for hydroxylation is 12. The summed E-state index contributed by atoms with van der Waals surface area (Å²) in [7, 11) is 0. The molecule has 717 valence electrons. The largest absolute Gasteiger partial charge is 0.322 e.